The molecule has 6 nitrogen and oxygen atoms in total. The van der Waals surface area contributed by atoms with Gasteiger partial charge in [0.1, 0.15) is 11.5 Å². The zero-order valence-electron chi connectivity index (χ0n) is 16.3. The molecule has 0 fully saturated rings. The summed E-state index contributed by atoms with van der Waals surface area (Å²) < 4.78 is 1.77. The molecule has 0 bridgehead atoms. The topological polar surface area (TPSA) is 69.4 Å². The highest BCUT2D eigenvalue weighted by molar-refractivity contribution is 6.31. The Morgan fingerprint density at radius 3 is 2.50 bits per heavy atom. The number of rotatable bonds is 3. The molecule has 4 aromatic rings. The van der Waals surface area contributed by atoms with Gasteiger partial charge in [-0.2, -0.15) is 0 Å². The number of benzene rings is 1. The SMILES string of the molecule is Cc1ccc(-c2nc(C(C)(C)C)nc3c2nnn3Cc2ccccc2Cl)nc1. The third-order valence-electron chi connectivity index (χ3n) is 4.47. The van der Waals surface area contributed by atoms with Crippen LogP contribution in [0.1, 0.15) is 37.7 Å². The van der Waals surface area contributed by atoms with E-state index < -0.39 is 0 Å². The van der Waals surface area contributed by atoms with E-state index in [2.05, 4.69) is 36.1 Å². The highest BCUT2D eigenvalue weighted by atomic mass is 35.5. The Morgan fingerprint density at radius 2 is 1.82 bits per heavy atom. The van der Waals surface area contributed by atoms with Gasteiger partial charge in [0.2, 0.25) is 0 Å². The fraction of sp³-hybridized carbons (Fsp3) is 0.286. The second-order valence-electron chi connectivity index (χ2n) is 7.88. The predicted molar refractivity (Wildman–Crippen MR) is 110 cm³/mol. The second-order valence-corrected chi connectivity index (χ2v) is 8.28. The summed E-state index contributed by atoms with van der Waals surface area (Å²) in [6.45, 7) is 8.75. The monoisotopic (exact) mass is 392 g/mol. The van der Waals surface area contributed by atoms with Crippen molar-refractivity contribution in [2.45, 2.75) is 39.7 Å². The van der Waals surface area contributed by atoms with Gasteiger partial charge in [-0.25, -0.2) is 14.6 Å². The third kappa shape index (κ3) is 3.47. The van der Waals surface area contributed by atoms with Crippen molar-refractivity contribution < 1.29 is 0 Å². The zero-order chi connectivity index (χ0) is 19.9. The lowest BCUT2D eigenvalue weighted by Gasteiger charge is -2.17. The first-order valence-electron chi connectivity index (χ1n) is 9.11. The summed E-state index contributed by atoms with van der Waals surface area (Å²) in [6, 6.07) is 11.7. The zero-order valence-corrected chi connectivity index (χ0v) is 17.1. The van der Waals surface area contributed by atoms with E-state index in [9.17, 15) is 0 Å². The highest BCUT2D eigenvalue weighted by Gasteiger charge is 2.24. The maximum atomic E-state index is 6.33. The smallest absolute Gasteiger partial charge is 0.182 e. The van der Waals surface area contributed by atoms with Gasteiger partial charge in [-0.15, -0.1) is 5.10 Å². The maximum Gasteiger partial charge on any atom is 0.182 e. The Hall–Kier alpha value is -2.86. The van der Waals surface area contributed by atoms with Gasteiger partial charge in [0.25, 0.3) is 0 Å². The van der Waals surface area contributed by atoms with Crippen molar-refractivity contribution in [2.75, 3.05) is 0 Å². The lowest BCUT2D eigenvalue weighted by Crippen LogP contribution is -2.17. The van der Waals surface area contributed by atoms with E-state index >= 15 is 0 Å². The largest absolute Gasteiger partial charge is 0.254 e. The fourth-order valence-electron chi connectivity index (χ4n) is 2.87. The van der Waals surface area contributed by atoms with Gasteiger partial charge in [-0.3, -0.25) is 4.98 Å². The Morgan fingerprint density at radius 1 is 1.04 bits per heavy atom. The summed E-state index contributed by atoms with van der Waals surface area (Å²) in [5.74, 6) is 0.722. The van der Waals surface area contributed by atoms with Crippen molar-refractivity contribution in [3.05, 3.63) is 64.6 Å². The molecule has 0 unspecified atom stereocenters. The minimum Gasteiger partial charge on any atom is -0.254 e. The molecule has 0 N–H and O–H groups in total. The molecular formula is C21H21ClN6. The first-order valence-corrected chi connectivity index (χ1v) is 9.49. The van der Waals surface area contributed by atoms with Crippen LogP contribution in [0.25, 0.3) is 22.6 Å². The maximum absolute atomic E-state index is 6.33. The first-order chi connectivity index (χ1) is 13.3. The molecule has 7 heteroatoms. The van der Waals surface area contributed by atoms with Crippen LogP contribution in [0.4, 0.5) is 0 Å². The molecule has 0 saturated heterocycles. The summed E-state index contributed by atoms with van der Waals surface area (Å²) >= 11 is 6.33. The van der Waals surface area contributed by atoms with E-state index in [0.29, 0.717) is 28.4 Å². The van der Waals surface area contributed by atoms with Crippen molar-refractivity contribution in [3.63, 3.8) is 0 Å². The molecule has 0 aliphatic heterocycles. The molecule has 0 spiro atoms. The summed E-state index contributed by atoms with van der Waals surface area (Å²) in [6.07, 6.45) is 1.83. The molecule has 4 rings (SSSR count). The highest BCUT2D eigenvalue weighted by Crippen LogP contribution is 2.28. The van der Waals surface area contributed by atoms with Crippen LogP contribution in [0.5, 0.6) is 0 Å². The van der Waals surface area contributed by atoms with E-state index in [1.54, 1.807) is 4.68 Å². The number of hydrogen-bond acceptors (Lipinski definition) is 5. The van der Waals surface area contributed by atoms with Gasteiger partial charge in [-0.05, 0) is 30.2 Å². The van der Waals surface area contributed by atoms with E-state index in [1.165, 1.54) is 0 Å². The van der Waals surface area contributed by atoms with Crippen LogP contribution >= 0.6 is 11.6 Å². The number of halogens is 1. The minimum atomic E-state index is -0.229. The normalized spacial score (nSPS) is 11.9. The first kappa shape index (κ1) is 18.5. The fourth-order valence-corrected chi connectivity index (χ4v) is 3.07. The molecule has 0 aliphatic carbocycles. The number of nitrogens with zero attached hydrogens (tertiary/aromatic N) is 6. The van der Waals surface area contributed by atoms with Crippen LogP contribution in [0.3, 0.4) is 0 Å². The molecule has 3 aromatic heterocycles. The summed E-state index contributed by atoms with van der Waals surface area (Å²) in [7, 11) is 0. The van der Waals surface area contributed by atoms with Crippen molar-refractivity contribution >= 4 is 22.8 Å². The molecule has 0 atom stereocenters. The number of hydrogen-bond donors (Lipinski definition) is 0. The van der Waals surface area contributed by atoms with Gasteiger partial charge in [0.05, 0.1) is 12.2 Å². The van der Waals surface area contributed by atoms with E-state index in [0.717, 1.165) is 22.6 Å². The molecule has 28 heavy (non-hydrogen) atoms. The van der Waals surface area contributed by atoms with Gasteiger partial charge in [0.15, 0.2) is 11.2 Å². The lowest BCUT2D eigenvalue weighted by molar-refractivity contribution is 0.546. The summed E-state index contributed by atoms with van der Waals surface area (Å²) in [4.78, 5) is 14.1. The Labute approximate surface area is 168 Å². The third-order valence-corrected chi connectivity index (χ3v) is 4.83. The van der Waals surface area contributed by atoms with Crippen LogP contribution in [0.15, 0.2) is 42.6 Å². The van der Waals surface area contributed by atoms with Gasteiger partial charge in [0, 0.05) is 16.6 Å². The number of pyridine rings is 1. The van der Waals surface area contributed by atoms with Gasteiger partial charge >= 0.3 is 0 Å². The van der Waals surface area contributed by atoms with Crippen LogP contribution in [-0.4, -0.2) is 29.9 Å². The molecule has 142 valence electrons. The van der Waals surface area contributed by atoms with E-state index in [-0.39, 0.29) is 5.41 Å². The van der Waals surface area contributed by atoms with E-state index in [4.69, 9.17) is 21.6 Å². The van der Waals surface area contributed by atoms with Crippen LogP contribution in [0.2, 0.25) is 5.02 Å². The van der Waals surface area contributed by atoms with E-state index in [1.807, 2.05) is 49.5 Å². The molecular weight excluding hydrogens is 372 g/mol. The van der Waals surface area contributed by atoms with Crippen LogP contribution < -0.4 is 0 Å². The summed E-state index contributed by atoms with van der Waals surface area (Å²) in [5.41, 5.74) is 4.59. The molecule has 0 saturated carbocycles. The van der Waals surface area contributed by atoms with Crippen LogP contribution in [0, 0.1) is 6.92 Å². The second kappa shape index (κ2) is 6.95. The average Bonchev–Trinajstić information content (AvgIpc) is 3.06. The molecule has 1 aromatic carbocycles. The number of aryl methyl sites for hydroxylation is 1. The molecule has 0 aliphatic rings. The average molecular weight is 393 g/mol. The Bertz CT molecular complexity index is 1140. The van der Waals surface area contributed by atoms with Gasteiger partial charge in [-0.1, -0.05) is 61.9 Å². The molecule has 0 amide bonds. The predicted octanol–water partition coefficient (Wildman–Crippen LogP) is 4.59. The standard InChI is InChI=1S/C21H21ClN6/c1-13-9-10-16(23-11-13)17-18-19(25-20(24-17)21(2,3)4)28(27-26-18)12-14-7-5-6-8-15(14)22/h5-11H,12H2,1-4H3. The molecule has 0 radical (unpaired) electrons. The number of aromatic nitrogens is 6. The van der Waals surface area contributed by atoms with Crippen molar-refractivity contribution in [1.82, 2.24) is 29.9 Å². The quantitative estimate of drug-likeness (QED) is 0.510. The Balaban J connectivity index is 1.91. The lowest BCUT2D eigenvalue weighted by atomic mass is 9.95. The van der Waals surface area contributed by atoms with Crippen LogP contribution in [-0.2, 0) is 12.0 Å². The summed E-state index contributed by atoms with van der Waals surface area (Å²) in [5, 5.41) is 9.40. The van der Waals surface area contributed by atoms with Crippen molar-refractivity contribution in [1.29, 1.82) is 0 Å². The van der Waals surface area contributed by atoms with Crippen molar-refractivity contribution in [3.8, 4) is 11.4 Å². The molecule has 3 heterocycles. The van der Waals surface area contributed by atoms with Gasteiger partial charge < -0.3 is 0 Å². The Kier molecular flexibility index (Phi) is 4.59. The minimum absolute atomic E-state index is 0.229. The number of fused-ring (bicyclic) bond motifs is 1. The van der Waals surface area contributed by atoms with Crippen molar-refractivity contribution in [2.24, 2.45) is 0 Å².